The maximum absolute atomic E-state index is 15.4. The summed E-state index contributed by atoms with van der Waals surface area (Å²) in [6.07, 6.45) is -0.192. The first-order valence-corrected chi connectivity index (χ1v) is 29.9. The van der Waals surface area contributed by atoms with Gasteiger partial charge in [-0.2, -0.15) is 0 Å². The Morgan fingerprint density at radius 1 is 0.828 bits per heavy atom. The van der Waals surface area contributed by atoms with Crippen LogP contribution in [0, 0.1) is 12.7 Å². The van der Waals surface area contributed by atoms with E-state index in [0.717, 1.165) is 12.2 Å². The molecule has 2 aromatic carbocycles. The van der Waals surface area contributed by atoms with Gasteiger partial charge in [-0.1, -0.05) is 37.3 Å². The summed E-state index contributed by atoms with van der Waals surface area (Å²) in [7, 11) is 0. The molecule has 4 aromatic rings. The SMILES string of the molecule is CC[C@@]1(O)C(=O)OCc2c1cc1n(c2=O)Cc2c-1nc1cc(F)c(C)c3c1c2[C@@H](NC(=O)COCNC(=O)CNC(=O)[C@H](Cc1ccccc1)NC(=O)CNC(=O)CNC(=O)[C@H](CN(C(=O)OC(C)(C)C)[C@@H](CCC(=O)OC(C)(C)C)C(=O)O)N1C(=O)C=CC1=O)CC3. The van der Waals surface area contributed by atoms with Gasteiger partial charge in [-0.3, -0.25) is 57.7 Å². The van der Waals surface area contributed by atoms with Gasteiger partial charge in [-0.25, -0.2) is 23.8 Å². The Bertz CT molecular complexity index is 3800. The molecular formula is C63H73FN10O19. The van der Waals surface area contributed by atoms with Crippen LogP contribution < -0.4 is 37.5 Å². The van der Waals surface area contributed by atoms with Crippen LogP contribution in [0.3, 0.4) is 0 Å². The summed E-state index contributed by atoms with van der Waals surface area (Å²) in [6.45, 7) is 7.74. The minimum atomic E-state index is -2.09. The Balaban J connectivity index is 0.849. The van der Waals surface area contributed by atoms with Crippen molar-refractivity contribution in [3.8, 4) is 11.4 Å². The minimum Gasteiger partial charge on any atom is -0.480 e. The van der Waals surface area contributed by atoms with Crippen LogP contribution in [0.25, 0.3) is 22.3 Å². The third-order valence-corrected chi connectivity index (χ3v) is 15.7. The van der Waals surface area contributed by atoms with E-state index in [9.17, 15) is 72.5 Å². The lowest BCUT2D eigenvalue weighted by atomic mass is 9.81. The summed E-state index contributed by atoms with van der Waals surface area (Å²) in [4.78, 5) is 178. The van der Waals surface area contributed by atoms with Crippen molar-refractivity contribution >= 4 is 82.2 Å². The number of halogens is 1. The molecule has 0 radical (unpaired) electrons. The molecule has 0 saturated heterocycles. The summed E-state index contributed by atoms with van der Waals surface area (Å²) in [5.74, 6) is -11.2. The van der Waals surface area contributed by atoms with Gasteiger partial charge in [0.05, 0.1) is 61.2 Å². The first kappa shape index (κ1) is 68.9. The van der Waals surface area contributed by atoms with Crippen LogP contribution in [0.1, 0.15) is 119 Å². The number of aliphatic carboxylic acids is 1. The van der Waals surface area contributed by atoms with Crippen molar-refractivity contribution in [2.75, 3.05) is 39.5 Å². The number of aromatic nitrogens is 2. The number of benzene rings is 2. The molecule has 29 nitrogen and oxygen atoms in total. The highest BCUT2D eigenvalue weighted by atomic mass is 19.1. The second-order valence-corrected chi connectivity index (χ2v) is 24.6. The summed E-state index contributed by atoms with van der Waals surface area (Å²) >= 11 is 0. The number of carboxylic acids is 1. The molecule has 93 heavy (non-hydrogen) atoms. The highest BCUT2D eigenvalue weighted by Crippen LogP contribution is 2.46. The van der Waals surface area contributed by atoms with E-state index >= 15 is 4.39 Å². The van der Waals surface area contributed by atoms with Gasteiger partial charge in [-0.05, 0) is 102 Å². The Morgan fingerprint density at radius 3 is 2.12 bits per heavy atom. The largest absolute Gasteiger partial charge is 0.480 e. The fourth-order valence-electron chi connectivity index (χ4n) is 11.3. The van der Waals surface area contributed by atoms with Crippen molar-refractivity contribution in [1.29, 1.82) is 0 Å². The molecule has 0 spiro atoms. The zero-order valence-corrected chi connectivity index (χ0v) is 52.4. The van der Waals surface area contributed by atoms with Crippen LogP contribution in [0.4, 0.5) is 9.18 Å². The molecule has 496 valence electrons. The molecule has 0 saturated carbocycles. The predicted molar refractivity (Wildman–Crippen MR) is 323 cm³/mol. The standard InChI is InChI=1S/C63H73FN10O19/c1-9-63(89)37-22-43-54-35(27-72(43)57(84)36(37)29-91-59(63)87)53-39(16-15-34-32(2)38(64)23-40(71-54)52(34)53)69-48(78)30-90-31-68-46(76)25-66-55(82)41(21-33-13-11-10-12-14-33)70-47(77)26-65-45(75)24-67-56(83)44(74-49(79)18-19-50(74)80)28-73(60(88)93-62(6,7)8)42(58(85)86)17-20-51(81)92-61(3,4)5/h10-14,18-19,22-23,39,41-42,44,89H,9,15-17,20-21,24-31H2,1-8H3,(H,65,75)(H,66,82)(H,67,83)(H,68,76)(H,69,78)(H,70,77)(H,85,86)/t39-,41-,42-,44-,63-/m0/s1. The fraction of sp³-hybridized carbons (Fsp3) is 0.460. The van der Waals surface area contributed by atoms with E-state index in [1.54, 1.807) is 65.0 Å². The number of carbonyl (C=O) groups is 12. The number of hydrogen-bond acceptors (Lipinski definition) is 19. The molecule has 5 heterocycles. The molecule has 8 rings (SSSR count). The molecule has 0 bridgehead atoms. The predicted octanol–water partition coefficient (Wildman–Crippen LogP) is 0.903. The van der Waals surface area contributed by atoms with Gasteiger partial charge in [0.2, 0.25) is 35.4 Å². The summed E-state index contributed by atoms with van der Waals surface area (Å²) < 4.78 is 38.3. The monoisotopic (exact) mass is 1290 g/mol. The zero-order chi connectivity index (χ0) is 68.0. The molecule has 5 atom stereocenters. The minimum absolute atomic E-state index is 0.0135. The first-order chi connectivity index (χ1) is 43.8. The molecular weight excluding hydrogens is 1220 g/mol. The highest BCUT2D eigenvalue weighted by Gasteiger charge is 2.47. The van der Waals surface area contributed by atoms with E-state index in [4.69, 9.17) is 23.9 Å². The number of esters is 2. The number of nitrogens with one attached hydrogen (secondary N) is 6. The van der Waals surface area contributed by atoms with Gasteiger partial charge in [0.25, 0.3) is 17.4 Å². The highest BCUT2D eigenvalue weighted by molar-refractivity contribution is 6.15. The van der Waals surface area contributed by atoms with Gasteiger partial charge < -0.3 is 65.6 Å². The summed E-state index contributed by atoms with van der Waals surface area (Å²) in [6, 6.07) is 5.39. The zero-order valence-electron chi connectivity index (χ0n) is 52.4. The van der Waals surface area contributed by atoms with Gasteiger partial charge >= 0.3 is 24.0 Å². The van der Waals surface area contributed by atoms with Crippen molar-refractivity contribution in [1.82, 2.24) is 51.3 Å². The van der Waals surface area contributed by atoms with Gasteiger partial charge in [0, 0.05) is 47.6 Å². The first-order valence-electron chi connectivity index (χ1n) is 29.9. The lowest BCUT2D eigenvalue weighted by molar-refractivity contribution is -0.172. The number of nitrogens with zero attached hydrogens (tertiary/aromatic N) is 4. The molecule has 1 aliphatic carbocycles. The fourth-order valence-corrected chi connectivity index (χ4v) is 11.3. The normalized spacial score (nSPS) is 17.2. The molecule has 9 amide bonds. The van der Waals surface area contributed by atoms with Crippen LogP contribution in [-0.2, 0) is 103 Å². The maximum atomic E-state index is 15.4. The number of imide groups is 1. The Hall–Kier alpha value is -9.97. The van der Waals surface area contributed by atoms with E-state index in [2.05, 4.69) is 31.9 Å². The van der Waals surface area contributed by atoms with E-state index in [-0.39, 0.29) is 42.6 Å². The van der Waals surface area contributed by atoms with Gasteiger partial charge in [-0.15, -0.1) is 0 Å². The number of ether oxygens (including phenoxy) is 4. The Morgan fingerprint density at radius 2 is 1.47 bits per heavy atom. The Kier molecular flexibility index (Phi) is 21.0. The molecule has 30 heteroatoms. The van der Waals surface area contributed by atoms with Crippen LogP contribution in [0.15, 0.2) is 59.4 Å². The number of amides is 9. The van der Waals surface area contributed by atoms with Crippen LogP contribution in [-0.4, -0.2) is 170 Å². The third-order valence-electron chi connectivity index (χ3n) is 15.7. The quantitative estimate of drug-likeness (QED) is 0.0132. The number of hydrogen-bond donors (Lipinski definition) is 8. The number of pyridine rings is 2. The number of carbonyl (C=O) groups excluding carboxylic acids is 11. The smallest absolute Gasteiger partial charge is 0.411 e. The van der Waals surface area contributed by atoms with Crippen molar-refractivity contribution < 1.29 is 91.1 Å². The topological polar surface area (TPSA) is 396 Å². The molecule has 4 aliphatic rings. The van der Waals surface area contributed by atoms with Crippen molar-refractivity contribution in [3.05, 3.63) is 110 Å². The molecule has 3 aliphatic heterocycles. The number of fused-ring (bicyclic) bond motifs is 5. The van der Waals surface area contributed by atoms with Crippen molar-refractivity contribution in [2.24, 2.45) is 0 Å². The number of aliphatic hydroxyl groups is 1. The molecule has 2 aromatic heterocycles. The van der Waals surface area contributed by atoms with Gasteiger partial charge in [0.15, 0.2) is 5.60 Å². The number of carboxylic acid groups (broad SMARTS) is 1. The number of cyclic esters (lactones) is 1. The van der Waals surface area contributed by atoms with Crippen LogP contribution >= 0.6 is 0 Å². The Labute approximate surface area is 531 Å². The lowest BCUT2D eigenvalue weighted by Gasteiger charge is -2.35. The van der Waals surface area contributed by atoms with Gasteiger partial charge in [0.1, 0.15) is 55.1 Å². The van der Waals surface area contributed by atoms with E-state index in [1.165, 1.54) is 37.5 Å². The molecule has 0 unspecified atom stereocenters. The lowest BCUT2D eigenvalue weighted by Crippen LogP contribution is -2.59. The van der Waals surface area contributed by atoms with E-state index in [1.807, 2.05) is 0 Å². The van der Waals surface area contributed by atoms with E-state index in [0.29, 0.717) is 67.2 Å². The average molecular weight is 1290 g/mol. The molecule has 8 N–H and O–H groups in total. The second-order valence-electron chi connectivity index (χ2n) is 24.6. The maximum Gasteiger partial charge on any atom is 0.411 e. The van der Waals surface area contributed by atoms with Crippen molar-refractivity contribution in [2.45, 2.75) is 148 Å². The third kappa shape index (κ3) is 16.0. The summed E-state index contributed by atoms with van der Waals surface area (Å²) in [5, 5.41) is 37.2. The van der Waals surface area contributed by atoms with E-state index < -0.39 is 176 Å². The molecule has 0 fully saturated rings. The number of rotatable bonds is 25. The average Bonchev–Trinajstić information content (AvgIpc) is 1.64. The van der Waals surface area contributed by atoms with Crippen molar-refractivity contribution in [3.63, 3.8) is 0 Å². The van der Waals surface area contributed by atoms with Crippen LogP contribution in [0.2, 0.25) is 0 Å². The van der Waals surface area contributed by atoms with Crippen LogP contribution in [0.5, 0.6) is 0 Å². The number of aryl methyl sites for hydroxylation is 1. The second kappa shape index (κ2) is 28.3. The summed E-state index contributed by atoms with van der Waals surface area (Å²) in [5.41, 5.74) is -0.795.